The largest absolute Gasteiger partial charge is 0.351 e. The average Bonchev–Trinajstić information content (AvgIpc) is 2.38. The molecule has 0 unspecified atom stereocenters. The summed E-state index contributed by atoms with van der Waals surface area (Å²) in [5, 5.41) is 10.9. The predicted molar refractivity (Wildman–Crippen MR) is 70.9 cm³/mol. The summed E-state index contributed by atoms with van der Waals surface area (Å²) in [6, 6.07) is 5.86. The molecule has 0 bridgehead atoms. The molecule has 0 heterocycles. The van der Waals surface area contributed by atoms with E-state index in [0.29, 0.717) is 0 Å². The van der Waals surface area contributed by atoms with Gasteiger partial charge in [-0.25, -0.2) is 0 Å². The van der Waals surface area contributed by atoms with Crippen molar-refractivity contribution >= 4 is 13.3 Å². The summed E-state index contributed by atoms with van der Waals surface area (Å²) in [5.74, 6) is -1.19. The van der Waals surface area contributed by atoms with E-state index in [-0.39, 0.29) is 24.5 Å². The Kier molecular flexibility index (Phi) is 5.62. The molecule has 106 valence electrons. The van der Waals surface area contributed by atoms with Crippen LogP contribution in [0.5, 0.6) is 0 Å². The van der Waals surface area contributed by atoms with Gasteiger partial charge in [0.2, 0.25) is 0 Å². The first-order valence-corrected chi connectivity index (χ1v) is 7.45. The van der Waals surface area contributed by atoms with Crippen molar-refractivity contribution in [3.63, 3.8) is 0 Å². The summed E-state index contributed by atoms with van der Waals surface area (Å²) in [6.45, 7) is 3.59. The third-order valence-corrected chi connectivity index (χ3v) is 4.61. The SMILES string of the molecule is CCOP(=O)(OCC)[C@@H](N)c1ccccc1[N+](=O)[O-]. The maximum absolute atomic E-state index is 12.5. The van der Waals surface area contributed by atoms with E-state index in [9.17, 15) is 14.7 Å². The number of nitrogens with zero attached hydrogens (tertiary/aromatic N) is 1. The zero-order valence-corrected chi connectivity index (χ0v) is 11.7. The first-order valence-electron chi connectivity index (χ1n) is 5.84. The van der Waals surface area contributed by atoms with Gasteiger partial charge in [0.15, 0.2) is 0 Å². The van der Waals surface area contributed by atoms with Gasteiger partial charge in [0.1, 0.15) is 5.78 Å². The minimum absolute atomic E-state index is 0.137. The lowest BCUT2D eigenvalue weighted by Crippen LogP contribution is -2.16. The normalized spacial score (nSPS) is 13.2. The monoisotopic (exact) mass is 288 g/mol. The van der Waals surface area contributed by atoms with Crippen LogP contribution >= 0.6 is 7.60 Å². The molecule has 0 radical (unpaired) electrons. The Hall–Kier alpha value is -1.27. The van der Waals surface area contributed by atoms with Crippen LogP contribution in [0.4, 0.5) is 5.69 Å². The number of nitro benzene ring substituents is 1. The first kappa shape index (κ1) is 15.8. The lowest BCUT2D eigenvalue weighted by Gasteiger charge is -2.23. The van der Waals surface area contributed by atoms with Gasteiger partial charge < -0.3 is 14.8 Å². The number of hydrogen-bond donors (Lipinski definition) is 1. The van der Waals surface area contributed by atoms with Gasteiger partial charge in [-0.2, -0.15) is 0 Å². The van der Waals surface area contributed by atoms with Gasteiger partial charge in [-0.05, 0) is 19.9 Å². The van der Waals surface area contributed by atoms with E-state index in [1.165, 1.54) is 18.2 Å². The van der Waals surface area contributed by atoms with E-state index in [1.54, 1.807) is 19.9 Å². The second-order valence-electron chi connectivity index (χ2n) is 3.64. The molecule has 0 aliphatic rings. The van der Waals surface area contributed by atoms with Crippen molar-refractivity contribution in [3.8, 4) is 0 Å². The summed E-state index contributed by atoms with van der Waals surface area (Å²) in [5.41, 5.74) is 5.80. The van der Waals surface area contributed by atoms with Crippen molar-refractivity contribution in [3.05, 3.63) is 39.9 Å². The fourth-order valence-electron chi connectivity index (χ4n) is 1.63. The zero-order valence-electron chi connectivity index (χ0n) is 10.8. The van der Waals surface area contributed by atoms with Crippen LogP contribution in [-0.4, -0.2) is 18.1 Å². The van der Waals surface area contributed by atoms with Gasteiger partial charge in [0.05, 0.1) is 23.7 Å². The molecule has 7 nitrogen and oxygen atoms in total. The Bertz CT molecular complexity index is 484. The third-order valence-electron chi connectivity index (χ3n) is 2.41. The van der Waals surface area contributed by atoms with Gasteiger partial charge in [0, 0.05) is 6.07 Å². The van der Waals surface area contributed by atoms with E-state index in [4.69, 9.17) is 14.8 Å². The highest BCUT2D eigenvalue weighted by atomic mass is 31.2. The first-order chi connectivity index (χ1) is 8.96. The molecule has 0 spiro atoms. The van der Waals surface area contributed by atoms with Gasteiger partial charge in [-0.15, -0.1) is 0 Å². The standard InChI is InChI=1S/C11H17N2O5P/c1-3-17-19(16,18-4-2)11(12)9-7-5-6-8-10(9)13(14)15/h5-8,11H,3-4,12H2,1-2H3/t11-/m1/s1. The van der Waals surface area contributed by atoms with Crippen LogP contribution in [0, 0.1) is 10.1 Å². The Morgan fingerprint density at radius 2 is 1.84 bits per heavy atom. The quantitative estimate of drug-likeness (QED) is 0.470. The Morgan fingerprint density at radius 1 is 1.32 bits per heavy atom. The minimum atomic E-state index is -3.63. The van der Waals surface area contributed by atoms with Crippen molar-refractivity contribution in [2.75, 3.05) is 13.2 Å². The van der Waals surface area contributed by atoms with Crippen LogP contribution in [0.3, 0.4) is 0 Å². The molecule has 0 saturated carbocycles. The molecule has 2 N–H and O–H groups in total. The second kappa shape index (κ2) is 6.77. The molecule has 0 saturated heterocycles. The van der Waals surface area contributed by atoms with Crippen LogP contribution in [-0.2, 0) is 13.6 Å². The van der Waals surface area contributed by atoms with Crippen LogP contribution < -0.4 is 5.73 Å². The summed E-state index contributed by atoms with van der Waals surface area (Å²) in [4.78, 5) is 10.4. The van der Waals surface area contributed by atoms with E-state index < -0.39 is 18.3 Å². The number of nitro groups is 1. The van der Waals surface area contributed by atoms with Gasteiger partial charge in [0.25, 0.3) is 5.69 Å². The molecule has 0 aliphatic heterocycles. The fraction of sp³-hybridized carbons (Fsp3) is 0.455. The Morgan fingerprint density at radius 3 is 2.32 bits per heavy atom. The number of hydrogen-bond acceptors (Lipinski definition) is 6. The minimum Gasteiger partial charge on any atom is -0.314 e. The van der Waals surface area contributed by atoms with E-state index >= 15 is 0 Å². The smallest absolute Gasteiger partial charge is 0.314 e. The number of benzene rings is 1. The highest BCUT2D eigenvalue weighted by molar-refractivity contribution is 7.54. The molecule has 1 atom stereocenters. The summed E-state index contributed by atoms with van der Waals surface area (Å²) < 4.78 is 22.7. The highest BCUT2D eigenvalue weighted by Crippen LogP contribution is 2.59. The molecule has 8 heteroatoms. The molecule has 1 aromatic carbocycles. The Labute approximate surface area is 111 Å². The van der Waals surface area contributed by atoms with Crippen molar-refractivity contribution < 1.29 is 18.5 Å². The second-order valence-corrected chi connectivity index (χ2v) is 5.79. The molecule has 0 aliphatic carbocycles. The summed E-state index contributed by atoms with van der Waals surface area (Å²) in [6.07, 6.45) is 0. The number of nitrogens with two attached hydrogens (primary N) is 1. The Balaban J connectivity index is 3.20. The number of para-hydroxylation sites is 1. The van der Waals surface area contributed by atoms with Crippen LogP contribution in [0.15, 0.2) is 24.3 Å². The molecular weight excluding hydrogens is 271 g/mol. The molecular formula is C11H17N2O5P. The van der Waals surface area contributed by atoms with Crippen LogP contribution in [0.2, 0.25) is 0 Å². The van der Waals surface area contributed by atoms with E-state index in [2.05, 4.69) is 0 Å². The maximum atomic E-state index is 12.5. The summed E-state index contributed by atoms with van der Waals surface area (Å²) >= 11 is 0. The third kappa shape index (κ3) is 3.61. The average molecular weight is 288 g/mol. The summed E-state index contributed by atoms with van der Waals surface area (Å²) in [7, 11) is -3.63. The van der Waals surface area contributed by atoms with E-state index in [1.807, 2.05) is 0 Å². The van der Waals surface area contributed by atoms with Gasteiger partial charge >= 0.3 is 7.60 Å². The molecule has 0 aromatic heterocycles. The topological polar surface area (TPSA) is 105 Å². The fourth-order valence-corrected chi connectivity index (χ4v) is 3.31. The zero-order chi connectivity index (χ0) is 14.5. The van der Waals surface area contributed by atoms with Crippen molar-refractivity contribution in [1.82, 2.24) is 0 Å². The molecule has 1 rings (SSSR count). The van der Waals surface area contributed by atoms with E-state index in [0.717, 1.165) is 0 Å². The van der Waals surface area contributed by atoms with Crippen molar-refractivity contribution in [2.45, 2.75) is 19.6 Å². The molecule has 0 fully saturated rings. The van der Waals surface area contributed by atoms with Crippen molar-refractivity contribution in [2.24, 2.45) is 5.73 Å². The predicted octanol–water partition coefficient (Wildman–Crippen LogP) is 2.82. The lowest BCUT2D eigenvalue weighted by molar-refractivity contribution is -0.385. The molecule has 19 heavy (non-hydrogen) atoms. The van der Waals surface area contributed by atoms with Crippen LogP contribution in [0.25, 0.3) is 0 Å². The lowest BCUT2D eigenvalue weighted by atomic mass is 10.2. The highest BCUT2D eigenvalue weighted by Gasteiger charge is 2.37. The number of rotatable bonds is 7. The van der Waals surface area contributed by atoms with Gasteiger partial charge in [-0.3, -0.25) is 14.7 Å². The van der Waals surface area contributed by atoms with Crippen molar-refractivity contribution in [1.29, 1.82) is 0 Å². The van der Waals surface area contributed by atoms with Gasteiger partial charge in [-0.1, -0.05) is 12.1 Å². The maximum Gasteiger partial charge on any atom is 0.351 e. The molecule has 0 amide bonds. The van der Waals surface area contributed by atoms with Crippen LogP contribution in [0.1, 0.15) is 25.2 Å². The molecule has 1 aromatic rings.